The number of carbonyl (C=O) groups is 2. The molecule has 0 bridgehead atoms. The molecule has 0 heterocycles. The second-order valence-electron chi connectivity index (χ2n) is 7.79. The zero-order chi connectivity index (χ0) is 23.5. The zero-order valence-electron chi connectivity index (χ0n) is 20.0. The fraction of sp³-hybridized carbons (Fsp3) is 0.583. The van der Waals surface area contributed by atoms with Gasteiger partial charge in [-0.05, 0) is 51.3 Å². The Labute approximate surface area is 188 Å². The number of nitrogens with one attached hydrogen (secondary N) is 3. The van der Waals surface area contributed by atoms with Gasteiger partial charge in [-0.15, -0.1) is 0 Å². The van der Waals surface area contributed by atoms with Gasteiger partial charge < -0.3 is 30.2 Å². The maximum atomic E-state index is 11.7. The minimum absolute atomic E-state index is 0.409. The minimum atomic E-state index is -0.495. The van der Waals surface area contributed by atoms with E-state index in [9.17, 15) is 9.59 Å². The molecule has 7 nitrogen and oxygen atoms in total. The number of aldehydes is 1. The molecule has 1 aromatic rings. The summed E-state index contributed by atoms with van der Waals surface area (Å²) in [6.45, 7) is 12.9. The van der Waals surface area contributed by atoms with Gasteiger partial charge in [-0.25, -0.2) is 4.79 Å². The topological polar surface area (TPSA) is 88.7 Å². The average molecular weight is 436 g/mol. The Morgan fingerprint density at radius 3 is 2.35 bits per heavy atom. The number of allylic oxidation sites excluding steroid dienone is 1. The lowest BCUT2D eigenvalue weighted by Crippen LogP contribution is -2.36. The number of carbonyl (C=O) groups excluding carboxylic acids is 2. The summed E-state index contributed by atoms with van der Waals surface area (Å²) in [5, 5.41) is 9.38. The molecule has 0 spiro atoms. The van der Waals surface area contributed by atoms with Crippen LogP contribution in [0.25, 0.3) is 5.70 Å². The third-order valence-corrected chi connectivity index (χ3v) is 3.81. The number of benzene rings is 1. The lowest BCUT2D eigenvalue weighted by molar-refractivity contribution is -0.107. The molecule has 0 unspecified atom stereocenters. The molecule has 176 valence electrons. The maximum absolute atomic E-state index is 11.7. The molecule has 7 heteroatoms. The predicted octanol–water partition coefficient (Wildman–Crippen LogP) is 3.88. The van der Waals surface area contributed by atoms with E-state index >= 15 is 0 Å². The van der Waals surface area contributed by atoms with E-state index in [0.29, 0.717) is 26.1 Å². The Morgan fingerprint density at radius 2 is 1.77 bits per heavy atom. The second kappa shape index (κ2) is 17.3. The standard InChI is InChI=1S/C21H33N3O3.C3H8O/c1-5-8-19(23-12-13-24-20(26)27-21(2,3)4)18-10-6-9-17(15-18)16-22-11-7-14-25;1-3-4-2/h6,8-10,14-15,22-23H,5,7,11-13,16H2,1-4H3,(H,24,26);3H2,1-2H3/b19-8+;. The van der Waals surface area contributed by atoms with Crippen molar-refractivity contribution in [3.8, 4) is 0 Å². The third-order valence-electron chi connectivity index (χ3n) is 3.81. The molecule has 0 radical (unpaired) electrons. The Balaban J connectivity index is 0.00000206. The normalized spacial score (nSPS) is 11.2. The van der Waals surface area contributed by atoms with Crippen LogP contribution < -0.4 is 16.0 Å². The van der Waals surface area contributed by atoms with Crippen LogP contribution in [0.5, 0.6) is 0 Å². The molecular formula is C24H41N3O4. The van der Waals surface area contributed by atoms with Gasteiger partial charge in [0.1, 0.15) is 11.9 Å². The number of amides is 1. The van der Waals surface area contributed by atoms with Gasteiger partial charge in [-0.1, -0.05) is 31.2 Å². The number of hydrogen-bond acceptors (Lipinski definition) is 6. The monoisotopic (exact) mass is 435 g/mol. The molecule has 0 aliphatic heterocycles. The summed E-state index contributed by atoms with van der Waals surface area (Å²) in [5.41, 5.74) is 2.81. The van der Waals surface area contributed by atoms with Gasteiger partial charge >= 0.3 is 6.09 Å². The molecule has 0 atom stereocenters. The highest BCUT2D eigenvalue weighted by Gasteiger charge is 2.15. The first-order valence-corrected chi connectivity index (χ1v) is 10.9. The molecule has 0 aromatic heterocycles. The van der Waals surface area contributed by atoms with Crippen molar-refractivity contribution in [2.45, 2.75) is 59.6 Å². The molecule has 0 aliphatic rings. The van der Waals surface area contributed by atoms with Gasteiger partial charge in [0.2, 0.25) is 0 Å². The Kier molecular flexibility index (Phi) is 16.0. The van der Waals surface area contributed by atoms with Gasteiger partial charge in [-0.2, -0.15) is 0 Å². The van der Waals surface area contributed by atoms with Crippen LogP contribution in [0.3, 0.4) is 0 Å². The summed E-state index contributed by atoms with van der Waals surface area (Å²) in [6, 6.07) is 8.27. The van der Waals surface area contributed by atoms with E-state index in [1.807, 2.05) is 33.8 Å². The van der Waals surface area contributed by atoms with Crippen LogP contribution >= 0.6 is 0 Å². The first-order valence-electron chi connectivity index (χ1n) is 10.9. The van der Waals surface area contributed by atoms with Crippen molar-refractivity contribution in [1.82, 2.24) is 16.0 Å². The van der Waals surface area contributed by atoms with Crippen LogP contribution in [0, 0.1) is 0 Å². The van der Waals surface area contributed by atoms with Crippen molar-refractivity contribution in [1.29, 1.82) is 0 Å². The first-order chi connectivity index (χ1) is 14.8. The second-order valence-corrected chi connectivity index (χ2v) is 7.79. The molecule has 1 aromatic carbocycles. The summed E-state index contributed by atoms with van der Waals surface area (Å²) >= 11 is 0. The van der Waals surface area contributed by atoms with Crippen molar-refractivity contribution in [2.24, 2.45) is 0 Å². The maximum Gasteiger partial charge on any atom is 0.407 e. The van der Waals surface area contributed by atoms with Crippen LogP contribution in [-0.4, -0.2) is 51.3 Å². The molecule has 1 amide bonds. The molecule has 3 N–H and O–H groups in total. The van der Waals surface area contributed by atoms with E-state index < -0.39 is 11.7 Å². The van der Waals surface area contributed by atoms with Crippen LogP contribution in [0.1, 0.15) is 58.6 Å². The van der Waals surface area contributed by atoms with Crippen molar-refractivity contribution in [3.05, 3.63) is 41.5 Å². The first kappa shape index (κ1) is 28.6. The van der Waals surface area contributed by atoms with Crippen molar-refractivity contribution in [2.75, 3.05) is 33.4 Å². The highest BCUT2D eigenvalue weighted by molar-refractivity contribution is 5.68. The minimum Gasteiger partial charge on any atom is -0.444 e. The Bertz CT molecular complexity index is 652. The van der Waals surface area contributed by atoms with Crippen LogP contribution in [0.2, 0.25) is 0 Å². The molecule has 0 fully saturated rings. The lowest BCUT2D eigenvalue weighted by Gasteiger charge is -2.20. The lowest BCUT2D eigenvalue weighted by atomic mass is 10.1. The van der Waals surface area contributed by atoms with Crippen molar-refractivity contribution in [3.63, 3.8) is 0 Å². The fourth-order valence-electron chi connectivity index (χ4n) is 2.41. The highest BCUT2D eigenvalue weighted by Crippen LogP contribution is 2.14. The largest absolute Gasteiger partial charge is 0.444 e. The van der Waals surface area contributed by atoms with Crippen LogP contribution in [0.15, 0.2) is 30.3 Å². The Hall–Kier alpha value is -2.38. The van der Waals surface area contributed by atoms with E-state index in [0.717, 1.165) is 42.7 Å². The van der Waals surface area contributed by atoms with Crippen molar-refractivity contribution < 1.29 is 19.1 Å². The molecule has 0 saturated heterocycles. The average Bonchev–Trinajstić information content (AvgIpc) is 2.72. The number of ether oxygens (including phenoxy) is 2. The summed E-state index contributed by atoms with van der Waals surface area (Å²) in [6.07, 6.45) is 4.07. The van der Waals surface area contributed by atoms with E-state index in [-0.39, 0.29) is 0 Å². The van der Waals surface area contributed by atoms with Gasteiger partial charge in [0.25, 0.3) is 0 Å². The summed E-state index contributed by atoms with van der Waals surface area (Å²) in [7, 11) is 1.68. The quantitative estimate of drug-likeness (QED) is 0.341. The summed E-state index contributed by atoms with van der Waals surface area (Å²) < 4.78 is 9.77. The van der Waals surface area contributed by atoms with E-state index in [4.69, 9.17) is 4.74 Å². The number of rotatable bonds is 12. The van der Waals surface area contributed by atoms with Crippen molar-refractivity contribution >= 4 is 18.1 Å². The van der Waals surface area contributed by atoms with Gasteiger partial charge in [0.15, 0.2) is 0 Å². The molecule has 0 saturated carbocycles. The summed E-state index contributed by atoms with van der Waals surface area (Å²) in [5.74, 6) is 0. The zero-order valence-corrected chi connectivity index (χ0v) is 20.0. The molecule has 1 rings (SSSR count). The number of alkyl carbamates (subject to hydrolysis) is 1. The summed E-state index contributed by atoms with van der Waals surface area (Å²) in [4.78, 5) is 22.1. The highest BCUT2D eigenvalue weighted by atomic mass is 16.6. The van der Waals surface area contributed by atoms with Gasteiger partial charge in [-0.3, -0.25) is 0 Å². The fourth-order valence-corrected chi connectivity index (χ4v) is 2.41. The van der Waals surface area contributed by atoms with E-state index in [2.05, 4.69) is 51.9 Å². The Morgan fingerprint density at radius 1 is 1.10 bits per heavy atom. The van der Waals surface area contributed by atoms with Gasteiger partial charge in [0, 0.05) is 52.0 Å². The smallest absolute Gasteiger partial charge is 0.407 e. The number of hydrogen-bond donors (Lipinski definition) is 3. The van der Waals surface area contributed by atoms with E-state index in [1.54, 1.807) is 7.11 Å². The van der Waals surface area contributed by atoms with Crippen LogP contribution in [-0.2, 0) is 20.8 Å². The molecule has 31 heavy (non-hydrogen) atoms. The SMILES string of the molecule is CC/C=C(/NCCNC(=O)OC(C)(C)C)c1cccc(CNCCC=O)c1.CCOC. The molecular weight excluding hydrogens is 394 g/mol. The predicted molar refractivity (Wildman–Crippen MR) is 127 cm³/mol. The van der Waals surface area contributed by atoms with Crippen LogP contribution in [0.4, 0.5) is 4.79 Å². The van der Waals surface area contributed by atoms with E-state index in [1.165, 1.54) is 0 Å². The number of methoxy groups -OCH3 is 1. The van der Waals surface area contributed by atoms with Gasteiger partial charge in [0.05, 0.1) is 0 Å². The molecule has 0 aliphatic carbocycles. The third kappa shape index (κ3) is 16.0.